The summed E-state index contributed by atoms with van der Waals surface area (Å²) < 4.78 is 32.1. The van der Waals surface area contributed by atoms with Gasteiger partial charge in [0, 0.05) is 26.2 Å². The molecule has 6 nitrogen and oxygen atoms in total. The Morgan fingerprint density at radius 2 is 1.93 bits per heavy atom. The van der Waals surface area contributed by atoms with Crippen molar-refractivity contribution in [2.45, 2.75) is 25.8 Å². The van der Waals surface area contributed by atoms with Gasteiger partial charge in [0.1, 0.15) is 0 Å². The molecule has 15 heavy (non-hydrogen) atoms. The van der Waals surface area contributed by atoms with E-state index >= 15 is 0 Å². The van der Waals surface area contributed by atoms with E-state index in [2.05, 4.69) is 9.44 Å². The summed E-state index contributed by atoms with van der Waals surface area (Å²) in [6.07, 6.45) is 1.32. The second kappa shape index (κ2) is 8.00. The molecule has 0 aliphatic rings. The molecule has 0 aliphatic heterocycles. The summed E-state index contributed by atoms with van der Waals surface area (Å²) in [6, 6.07) is -0.135. The lowest BCUT2D eigenvalue weighted by Gasteiger charge is -2.11. The van der Waals surface area contributed by atoms with Crippen LogP contribution >= 0.6 is 0 Å². The maximum atomic E-state index is 11.2. The van der Waals surface area contributed by atoms with Crippen LogP contribution in [0, 0.1) is 0 Å². The van der Waals surface area contributed by atoms with Crippen molar-refractivity contribution in [3.63, 3.8) is 0 Å². The van der Waals surface area contributed by atoms with E-state index in [4.69, 9.17) is 10.5 Å². The van der Waals surface area contributed by atoms with E-state index in [9.17, 15) is 8.42 Å². The Labute approximate surface area is 91.7 Å². The Morgan fingerprint density at radius 1 is 1.33 bits per heavy atom. The first-order valence-electron chi connectivity index (χ1n) is 5.00. The summed E-state index contributed by atoms with van der Waals surface area (Å²) in [5.41, 5.74) is 5.63. The molecule has 0 saturated heterocycles. The highest BCUT2D eigenvalue weighted by Gasteiger charge is 2.08. The molecular weight excluding hydrogens is 218 g/mol. The molecule has 92 valence electrons. The lowest BCUT2D eigenvalue weighted by Crippen LogP contribution is -2.39. The second-order valence-corrected chi connectivity index (χ2v) is 4.88. The van der Waals surface area contributed by atoms with Gasteiger partial charge in [0.15, 0.2) is 0 Å². The molecule has 0 saturated carbocycles. The van der Waals surface area contributed by atoms with Gasteiger partial charge in [-0.3, -0.25) is 0 Å². The van der Waals surface area contributed by atoms with Gasteiger partial charge in [-0.2, -0.15) is 8.42 Å². The van der Waals surface area contributed by atoms with Crippen LogP contribution in [-0.2, 0) is 14.9 Å². The molecule has 0 radical (unpaired) electrons. The summed E-state index contributed by atoms with van der Waals surface area (Å²) in [4.78, 5) is 0. The van der Waals surface area contributed by atoms with E-state index in [1.165, 1.54) is 0 Å². The third-order valence-corrected chi connectivity index (χ3v) is 2.90. The van der Waals surface area contributed by atoms with Crippen molar-refractivity contribution in [2.24, 2.45) is 5.73 Å². The van der Waals surface area contributed by atoms with Crippen molar-refractivity contribution in [1.82, 2.24) is 9.44 Å². The number of methoxy groups -OCH3 is 1. The predicted molar refractivity (Wildman–Crippen MR) is 59.7 cm³/mol. The molecule has 0 aromatic rings. The van der Waals surface area contributed by atoms with Crippen LogP contribution in [0.25, 0.3) is 0 Å². The van der Waals surface area contributed by atoms with Crippen LogP contribution in [0.3, 0.4) is 0 Å². The van der Waals surface area contributed by atoms with Gasteiger partial charge in [0.05, 0.1) is 6.61 Å². The summed E-state index contributed by atoms with van der Waals surface area (Å²) in [5, 5.41) is 0. The maximum absolute atomic E-state index is 11.2. The smallest absolute Gasteiger partial charge is 0.276 e. The molecule has 0 bridgehead atoms. The molecule has 0 aliphatic carbocycles. The molecule has 0 spiro atoms. The average Bonchev–Trinajstić information content (AvgIpc) is 2.15. The van der Waals surface area contributed by atoms with E-state index < -0.39 is 10.2 Å². The SMILES string of the molecule is CCCNS(=O)(=O)NCCC(N)COC. The Balaban J connectivity index is 3.65. The molecule has 0 aromatic carbocycles. The number of hydrogen-bond acceptors (Lipinski definition) is 4. The zero-order valence-electron chi connectivity index (χ0n) is 9.32. The van der Waals surface area contributed by atoms with Crippen LogP contribution in [-0.4, -0.2) is 41.3 Å². The van der Waals surface area contributed by atoms with E-state index in [1.54, 1.807) is 7.11 Å². The molecule has 0 heterocycles. The lowest BCUT2D eigenvalue weighted by molar-refractivity contribution is 0.177. The van der Waals surface area contributed by atoms with Crippen molar-refractivity contribution in [3.05, 3.63) is 0 Å². The van der Waals surface area contributed by atoms with Crippen LogP contribution in [0.5, 0.6) is 0 Å². The number of ether oxygens (including phenoxy) is 1. The molecule has 0 fully saturated rings. The van der Waals surface area contributed by atoms with Gasteiger partial charge >= 0.3 is 0 Å². The minimum atomic E-state index is -3.35. The first kappa shape index (κ1) is 14.8. The fraction of sp³-hybridized carbons (Fsp3) is 1.00. The van der Waals surface area contributed by atoms with Gasteiger partial charge in [-0.05, 0) is 12.8 Å². The molecule has 1 unspecified atom stereocenters. The largest absolute Gasteiger partial charge is 0.383 e. The second-order valence-electron chi connectivity index (χ2n) is 3.30. The Morgan fingerprint density at radius 3 is 2.47 bits per heavy atom. The zero-order valence-corrected chi connectivity index (χ0v) is 10.1. The topological polar surface area (TPSA) is 93.5 Å². The minimum Gasteiger partial charge on any atom is -0.383 e. The van der Waals surface area contributed by atoms with Gasteiger partial charge < -0.3 is 10.5 Å². The predicted octanol–water partition coefficient (Wildman–Crippen LogP) is -0.816. The lowest BCUT2D eigenvalue weighted by atomic mass is 10.2. The summed E-state index contributed by atoms with van der Waals surface area (Å²) >= 11 is 0. The van der Waals surface area contributed by atoms with E-state index in [0.29, 0.717) is 26.1 Å². The first-order valence-corrected chi connectivity index (χ1v) is 6.49. The van der Waals surface area contributed by atoms with Crippen LogP contribution in [0.4, 0.5) is 0 Å². The standard InChI is InChI=1S/C8H21N3O3S/c1-3-5-10-15(12,13)11-6-4-8(9)7-14-2/h8,10-11H,3-7,9H2,1-2H3. The number of hydrogen-bond donors (Lipinski definition) is 3. The van der Waals surface area contributed by atoms with Crippen LogP contribution in [0.1, 0.15) is 19.8 Å². The third kappa shape index (κ3) is 8.76. The van der Waals surface area contributed by atoms with Gasteiger partial charge in [0.2, 0.25) is 0 Å². The Hall–Kier alpha value is -0.210. The molecular formula is C8H21N3O3S. The molecule has 0 amide bonds. The highest BCUT2D eigenvalue weighted by Crippen LogP contribution is 1.88. The first-order chi connectivity index (χ1) is 7.02. The zero-order chi connectivity index (χ0) is 11.7. The van der Waals surface area contributed by atoms with E-state index in [-0.39, 0.29) is 6.04 Å². The third-order valence-electron chi connectivity index (χ3n) is 1.73. The van der Waals surface area contributed by atoms with Crippen molar-refractivity contribution >= 4 is 10.2 Å². The Bertz CT molecular complexity index is 244. The number of rotatable bonds is 9. The van der Waals surface area contributed by atoms with Gasteiger partial charge in [-0.15, -0.1) is 0 Å². The molecule has 0 rings (SSSR count). The van der Waals surface area contributed by atoms with Crippen molar-refractivity contribution in [3.8, 4) is 0 Å². The molecule has 4 N–H and O–H groups in total. The van der Waals surface area contributed by atoms with Crippen molar-refractivity contribution in [2.75, 3.05) is 26.8 Å². The highest BCUT2D eigenvalue weighted by molar-refractivity contribution is 7.87. The number of nitrogens with one attached hydrogen (secondary N) is 2. The van der Waals surface area contributed by atoms with Crippen LogP contribution < -0.4 is 15.2 Å². The average molecular weight is 239 g/mol. The van der Waals surface area contributed by atoms with Gasteiger partial charge in [0.25, 0.3) is 10.2 Å². The van der Waals surface area contributed by atoms with E-state index in [1.807, 2.05) is 6.92 Å². The van der Waals surface area contributed by atoms with Crippen LogP contribution in [0.15, 0.2) is 0 Å². The molecule has 0 aromatic heterocycles. The fourth-order valence-electron chi connectivity index (χ4n) is 0.964. The summed E-state index contributed by atoms with van der Waals surface area (Å²) in [6.45, 7) is 3.10. The normalized spacial score (nSPS) is 14.1. The van der Waals surface area contributed by atoms with Crippen LogP contribution in [0.2, 0.25) is 0 Å². The van der Waals surface area contributed by atoms with Crippen molar-refractivity contribution < 1.29 is 13.2 Å². The van der Waals surface area contributed by atoms with Gasteiger partial charge in [-0.25, -0.2) is 9.44 Å². The summed E-state index contributed by atoms with van der Waals surface area (Å²) in [5.74, 6) is 0. The molecule has 1 atom stereocenters. The van der Waals surface area contributed by atoms with E-state index in [0.717, 1.165) is 6.42 Å². The highest BCUT2D eigenvalue weighted by atomic mass is 32.2. The summed E-state index contributed by atoms with van der Waals surface area (Å²) in [7, 11) is -1.79. The monoisotopic (exact) mass is 239 g/mol. The van der Waals surface area contributed by atoms with Gasteiger partial charge in [-0.1, -0.05) is 6.92 Å². The molecule has 7 heteroatoms. The maximum Gasteiger partial charge on any atom is 0.276 e. The Kier molecular flexibility index (Phi) is 7.89. The van der Waals surface area contributed by atoms with Crippen molar-refractivity contribution in [1.29, 1.82) is 0 Å². The fourth-order valence-corrected chi connectivity index (χ4v) is 1.93. The minimum absolute atomic E-state index is 0.135. The quantitative estimate of drug-likeness (QED) is 0.490. The number of nitrogens with two attached hydrogens (primary N) is 1.